The number of nitrogens with one attached hydrogen (secondary N) is 1. The van der Waals surface area contributed by atoms with E-state index in [2.05, 4.69) is 5.32 Å². The van der Waals surface area contributed by atoms with Gasteiger partial charge in [0.25, 0.3) is 0 Å². The molecule has 1 rings (SSSR count). The van der Waals surface area contributed by atoms with Gasteiger partial charge in [0, 0.05) is 6.54 Å². The van der Waals surface area contributed by atoms with Crippen LogP contribution in [0.4, 0.5) is 0 Å². The lowest BCUT2D eigenvalue weighted by molar-refractivity contribution is -0.120. The van der Waals surface area contributed by atoms with Crippen molar-refractivity contribution in [1.82, 2.24) is 5.32 Å². The van der Waals surface area contributed by atoms with Gasteiger partial charge in [0.1, 0.15) is 11.8 Å². The lowest BCUT2D eigenvalue weighted by atomic mass is 10.1. The van der Waals surface area contributed by atoms with Crippen LogP contribution in [0.5, 0.6) is 5.75 Å². The van der Waals surface area contributed by atoms with E-state index in [1.54, 1.807) is 31.2 Å². The molecule has 0 aliphatic heterocycles. The maximum atomic E-state index is 11.5. The third-order valence-electron chi connectivity index (χ3n) is 2.16. The van der Waals surface area contributed by atoms with E-state index in [0.29, 0.717) is 5.75 Å². The van der Waals surface area contributed by atoms with Gasteiger partial charge in [-0.15, -0.1) is 0 Å². The van der Waals surface area contributed by atoms with Crippen molar-refractivity contribution in [3.8, 4) is 11.8 Å². The predicted octanol–water partition coefficient (Wildman–Crippen LogP) is 0.628. The molecule has 0 fully saturated rings. The third kappa shape index (κ3) is 5.32. The number of rotatable bonds is 6. The second kappa shape index (κ2) is 7.30. The van der Waals surface area contributed by atoms with Crippen molar-refractivity contribution in [2.75, 3.05) is 13.2 Å². The molecule has 5 nitrogen and oxygen atoms in total. The molecule has 0 saturated carbocycles. The molecule has 0 radical (unpaired) electrons. The van der Waals surface area contributed by atoms with Crippen LogP contribution < -0.4 is 10.1 Å². The number of benzene rings is 1. The zero-order valence-corrected chi connectivity index (χ0v) is 10.2. The Kier molecular flexibility index (Phi) is 5.68. The summed E-state index contributed by atoms with van der Waals surface area (Å²) in [6.07, 6.45) is -0.338. The summed E-state index contributed by atoms with van der Waals surface area (Å²) in [6.45, 7) is 1.83. The molecular formula is C13H16N2O3. The summed E-state index contributed by atoms with van der Waals surface area (Å²) >= 11 is 0. The van der Waals surface area contributed by atoms with E-state index in [1.807, 2.05) is 6.07 Å². The minimum Gasteiger partial charge on any atom is -0.479 e. The van der Waals surface area contributed by atoms with Gasteiger partial charge in [-0.25, -0.2) is 0 Å². The molecule has 0 saturated heterocycles. The summed E-state index contributed by atoms with van der Waals surface area (Å²) in [7, 11) is 0. The number of carbonyl (C=O) groups excluding carboxylic acids is 1. The third-order valence-corrected chi connectivity index (χ3v) is 2.16. The molecular weight excluding hydrogens is 232 g/mol. The molecule has 1 amide bonds. The van der Waals surface area contributed by atoms with Gasteiger partial charge in [0.15, 0.2) is 6.61 Å². The van der Waals surface area contributed by atoms with Crippen molar-refractivity contribution in [2.24, 2.45) is 0 Å². The Labute approximate surface area is 106 Å². The smallest absolute Gasteiger partial charge is 0.224 e. The van der Waals surface area contributed by atoms with Crippen molar-refractivity contribution in [2.45, 2.75) is 19.4 Å². The molecule has 2 N–H and O–H groups in total. The highest BCUT2D eigenvalue weighted by molar-refractivity contribution is 5.78. The van der Waals surface area contributed by atoms with E-state index in [0.717, 1.165) is 5.56 Å². The monoisotopic (exact) mass is 248 g/mol. The van der Waals surface area contributed by atoms with Gasteiger partial charge in [-0.05, 0) is 24.6 Å². The number of nitrogens with zero attached hydrogens (tertiary/aromatic N) is 1. The summed E-state index contributed by atoms with van der Waals surface area (Å²) < 4.78 is 5.14. The highest BCUT2D eigenvalue weighted by Gasteiger charge is 2.05. The SMILES string of the molecule is CC(O)CNC(=O)Cc1cccc(OCC#N)c1. The number of aliphatic hydroxyl groups is 1. The van der Waals surface area contributed by atoms with E-state index in [9.17, 15) is 4.79 Å². The summed E-state index contributed by atoms with van der Waals surface area (Å²) in [5, 5.41) is 20.1. The van der Waals surface area contributed by atoms with Crippen molar-refractivity contribution in [3.63, 3.8) is 0 Å². The van der Waals surface area contributed by atoms with Crippen LogP contribution in [0.15, 0.2) is 24.3 Å². The van der Waals surface area contributed by atoms with E-state index in [-0.39, 0.29) is 25.5 Å². The first-order valence-corrected chi connectivity index (χ1v) is 5.65. The topological polar surface area (TPSA) is 82.3 Å². The summed E-state index contributed by atoms with van der Waals surface area (Å²) in [4.78, 5) is 11.5. The average Bonchev–Trinajstić information content (AvgIpc) is 2.34. The molecule has 0 aliphatic carbocycles. The van der Waals surface area contributed by atoms with Crippen LogP contribution >= 0.6 is 0 Å². The normalized spacial score (nSPS) is 11.4. The van der Waals surface area contributed by atoms with E-state index < -0.39 is 6.10 Å². The fraction of sp³-hybridized carbons (Fsp3) is 0.385. The minimum atomic E-state index is -0.556. The molecule has 1 aromatic rings. The number of amides is 1. The van der Waals surface area contributed by atoms with E-state index >= 15 is 0 Å². The number of hydrogen-bond donors (Lipinski definition) is 2. The molecule has 96 valence electrons. The quantitative estimate of drug-likeness (QED) is 0.773. The molecule has 1 aromatic carbocycles. The molecule has 18 heavy (non-hydrogen) atoms. The fourth-order valence-corrected chi connectivity index (χ4v) is 1.37. The van der Waals surface area contributed by atoms with Gasteiger partial charge in [-0.3, -0.25) is 4.79 Å². The van der Waals surface area contributed by atoms with Crippen LogP contribution in [0.3, 0.4) is 0 Å². The van der Waals surface area contributed by atoms with Crippen LogP contribution in [-0.4, -0.2) is 30.3 Å². The Morgan fingerprint density at radius 3 is 3.06 bits per heavy atom. The highest BCUT2D eigenvalue weighted by atomic mass is 16.5. The number of nitriles is 1. The highest BCUT2D eigenvalue weighted by Crippen LogP contribution is 2.13. The number of carbonyl (C=O) groups is 1. The van der Waals surface area contributed by atoms with Crippen LogP contribution in [0.2, 0.25) is 0 Å². The molecule has 0 heterocycles. The average molecular weight is 248 g/mol. The van der Waals surface area contributed by atoms with Crippen LogP contribution in [0.25, 0.3) is 0 Å². The van der Waals surface area contributed by atoms with Crippen molar-refractivity contribution in [3.05, 3.63) is 29.8 Å². The zero-order chi connectivity index (χ0) is 13.4. The first kappa shape index (κ1) is 14.0. The second-order valence-corrected chi connectivity index (χ2v) is 3.92. The lowest BCUT2D eigenvalue weighted by Gasteiger charge is -2.08. The molecule has 0 aromatic heterocycles. The number of ether oxygens (including phenoxy) is 1. The Morgan fingerprint density at radius 2 is 2.39 bits per heavy atom. The van der Waals surface area contributed by atoms with Crippen LogP contribution in [0, 0.1) is 11.3 Å². The zero-order valence-electron chi connectivity index (χ0n) is 10.2. The second-order valence-electron chi connectivity index (χ2n) is 3.92. The van der Waals surface area contributed by atoms with Gasteiger partial charge in [-0.1, -0.05) is 12.1 Å². The Balaban J connectivity index is 2.51. The predicted molar refractivity (Wildman–Crippen MR) is 65.9 cm³/mol. The summed E-state index contributed by atoms with van der Waals surface area (Å²) in [6, 6.07) is 8.91. The Morgan fingerprint density at radius 1 is 1.61 bits per heavy atom. The molecule has 0 aliphatic rings. The fourth-order valence-electron chi connectivity index (χ4n) is 1.37. The number of aliphatic hydroxyl groups excluding tert-OH is 1. The van der Waals surface area contributed by atoms with Gasteiger partial charge < -0.3 is 15.2 Å². The van der Waals surface area contributed by atoms with Gasteiger partial charge in [0.05, 0.1) is 12.5 Å². The summed E-state index contributed by atoms with van der Waals surface area (Å²) in [5.74, 6) is 0.408. The molecule has 1 atom stereocenters. The van der Waals surface area contributed by atoms with Gasteiger partial charge in [0.2, 0.25) is 5.91 Å². The van der Waals surface area contributed by atoms with Crippen molar-refractivity contribution in [1.29, 1.82) is 5.26 Å². The van der Waals surface area contributed by atoms with Crippen molar-refractivity contribution >= 4 is 5.91 Å². The maximum absolute atomic E-state index is 11.5. The van der Waals surface area contributed by atoms with Crippen LogP contribution in [0.1, 0.15) is 12.5 Å². The first-order chi connectivity index (χ1) is 8.61. The molecule has 1 unspecified atom stereocenters. The Bertz CT molecular complexity index is 438. The lowest BCUT2D eigenvalue weighted by Crippen LogP contribution is -2.31. The molecule has 5 heteroatoms. The largest absolute Gasteiger partial charge is 0.479 e. The van der Waals surface area contributed by atoms with Crippen LogP contribution in [-0.2, 0) is 11.2 Å². The molecule has 0 bridgehead atoms. The minimum absolute atomic E-state index is 0.0162. The molecule has 0 spiro atoms. The maximum Gasteiger partial charge on any atom is 0.224 e. The number of hydrogen-bond acceptors (Lipinski definition) is 4. The van der Waals surface area contributed by atoms with Crippen molar-refractivity contribution < 1.29 is 14.6 Å². The van der Waals surface area contributed by atoms with Gasteiger partial charge in [-0.2, -0.15) is 5.26 Å². The summed E-state index contributed by atoms with van der Waals surface area (Å²) in [5.41, 5.74) is 0.800. The first-order valence-electron chi connectivity index (χ1n) is 5.65. The van der Waals surface area contributed by atoms with Gasteiger partial charge >= 0.3 is 0 Å². The van der Waals surface area contributed by atoms with E-state index in [4.69, 9.17) is 15.1 Å². The standard InChI is InChI=1S/C13H16N2O3/c1-10(16)9-15-13(17)8-11-3-2-4-12(7-11)18-6-5-14/h2-4,7,10,16H,6,8-9H2,1H3,(H,15,17). The van der Waals surface area contributed by atoms with E-state index in [1.165, 1.54) is 0 Å². The Hall–Kier alpha value is -2.06.